The highest BCUT2D eigenvalue weighted by molar-refractivity contribution is 5.92. The molecule has 4 heterocycles. The third kappa shape index (κ3) is 4.08. The molecule has 2 aromatic carbocycles. The summed E-state index contributed by atoms with van der Waals surface area (Å²) in [5.41, 5.74) is 8.45. The number of aryl methyl sites for hydroxylation is 1. The summed E-state index contributed by atoms with van der Waals surface area (Å²) in [5.74, 6) is 0. The minimum atomic E-state index is 0.0409. The number of nitrogens with one attached hydrogen (secondary N) is 1. The van der Waals surface area contributed by atoms with Crippen LogP contribution in [0.4, 0.5) is 0 Å². The van der Waals surface area contributed by atoms with Gasteiger partial charge in [0.1, 0.15) is 5.65 Å². The fourth-order valence-electron chi connectivity index (χ4n) is 5.15. The maximum absolute atomic E-state index is 13.3. The Morgan fingerprint density at radius 1 is 1.00 bits per heavy atom. The predicted octanol–water partition coefficient (Wildman–Crippen LogP) is 5.48. The van der Waals surface area contributed by atoms with Crippen molar-refractivity contribution in [3.05, 3.63) is 112 Å². The first-order valence-electron chi connectivity index (χ1n) is 12.2. The summed E-state index contributed by atoms with van der Waals surface area (Å²) in [6.07, 6.45) is 8.03. The zero-order chi connectivity index (χ0) is 23.8. The van der Waals surface area contributed by atoms with Gasteiger partial charge >= 0.3 is 0 Å². The van der Waals surface area contributed by atoms with Crippen molar-refractivity contribution < 1.29 is 0 Å². The fourth-order valence-corrected chi connectivity index (χ4v) is 5.15. The molecule has 0 atom stereocenters. The van der Waals surface area contributed by atoms with E-state index in [1.165, 1.54) is 22.0 Å². The third-order valence-electron chi connectivity index (χ3n) is 7.14. The molecule has 0 radical (unpaired) electrons. The van der Waals surface area contributed by atoms with Gasteiger partial charge in [0.15, 0.2) is 0 Å². The summed E-state index contributed by atoms with van der Waals surface area (Å²) in [6, 6.07) is 22.6. The lowest BCUT2D eigenvalue weighted by Gasteiger charge is -2.26. The highest BCUT2D eigenvalue weighted by atomic mass is 16.1. The minimum Gasteiger partial charge on any atom is -0.361 e. The van der Waals surface area contributed by atoms with Crippen LogP contribution in [-0.2, 0) is 6.42 Å². The molecule has 0 aliphatic carbocycles. The minimum absolute atomic E-state index is 0.0409. The normalized spacial score (nSPS) is 14.5. The average molecular weight is 461 g/mol. The summed E-state index contributed by atoms with van der Waals surface area (Å²) < 4.78 is 1.68. The molecule has 1 N–H and O–H groups in total. The van der Waals surface area contributed by atoms with Crippen LogP contribution in [0.2, 0.25) is 0 Å². The van der Waals surface area contributed by atoms with E-state index in [2.05, 4.69) is 58.6 Å². The second-order valence-electron chi connectivity index (χ2n) is 9.27. The van der Waals surface area contributed by atoms with E-state index in [9.17, 15) is 4.79 Å². The molecule has 1 aliphatic heterocycles. The van der Waals surface area contributed by atoms with Crippen molar-refractivity contribution in [2.24, 2.45) is 0 Å². The highest BCUT2D eigenvalue weighted by Crippen LogP contribution is 2.29. The number of aromatic nitrogens is 3. The number of rotatable bonds is 5. The highest BCUT2D eigenvalue weighted by Gasteiger charge is 2.17. The van der Waals surface area contributed by atoms with Gasteiger partial charge in [-0.15, -0.1) is 0 Å². The van der Waals surface area contributed by atoms with Gasteiger partial charge in [-0.3, -0.25) is 14.1 Å². The summed E-state index contributed by atoms with van der Waals surface area (Å²) >= 11 is 0. The number of aromatic amines is 1. The number of para-hydroxylation sites is 1. The quantitative estimate of drug-likeness (QED) is 0.378. The molecule has 0 spiro atoms. The van der Waals surface area contributed by atoms with Gasteiger partial charge in [-0.05, 0) is 54.7 Å². The largest absolute Gasteiger partial charge is 0.361 e. The van der Waals surface area contributed by atoms with Gasteiger partial charge in [0.2, 0.25) is 0 Å². The van der Waals surface area contributed by atoms with Crippen LogP contribution in [0.5, 0.6) is 0 Å². The smallest absolute Gasteiger partial charge is 0.261 e. The molecule has 0 saturated heterocycles. The maximum Gasteiger partial charge on any atom is 0.261 e. The first-order chi connectivity index (χ1) is 17.2. The van der Waals surface area contributed by atoms with Crippen LogP contribution in [0, 0.1) is 6.92 Å². The lowest BCUT2D eigenvalue weighted by molar-refractivity contribution is 0.305. The van der Waals surface area contributed by atoms with Crippen molar-refractivity contribution in [2.45, 2.75) is 19.8 Å². The molecular weight excluding hydrogens is 432 g/mol. The molecule has 5 heteroatoms. The second-order valence-corrected chi connectivity index (χ2v) is 9.27. The number of fused-ring (bicyclic) bond motifs is 2. The van der Waals surface area contributed by atoms with Crippen molar-refractivity contribution in [3.63, 3.8) is 0 Å². The standard InChI is InChI=1S/C30H28N4O/c1-21-25(30(35)34-18-13-24(19-29(34)32-21)22-7-3-2-4-8-22)14-17-33-15-11-23(12-16-33)27-20-31-28-10-6-5-9-26(27)28/h2-11,13,18-20,31H,12,14-17H2,1H3. The average Bonchev–Trinajstić information content (AvgIpc) is 3.33. The fraction of sp³-hybridized carbons (Fsp3) is 0.200. The molecule has 1 aliphatic rings. The van der Waals surface area contributed by atoms with E-state index in [-0.39, 0.29) is 5.56 Å². The Bertz CT molecular complexity index is 1610. The first-order valence-corrected chi connectivity index (χ1v) is 12.2. The van der Waals surface area contributed by atoms with Gasteiger partial charge in [-0.1, -0.05) is 54.6 Å². The van der Waals surface area contributed by atoms with E-state index in [4.69, 9.17) is 4.98 Å². The van der Waals surface area contributed by atoms with Crippen LogP contribution in [0.1, 0.15) is 23.2 Å². The third-order valence-corrected chi connectivity index (χ3v) is 7.14. The monoisotopic (exact) mass is 460 g/mol. The molecular formula is C30H28N4O. The molecule has 6 rings (SSSR count). The van der Waals surface area contributed by atoms with E-state index in [1.54, 1.807) is 4.40 Å². The Morgan fingerprint density at radius 3 is 2.66 bits per heavy atom. The van der Waals surface area contributed by atoms with E-state index in [0.29, 0.717) is 12.1 Å². The van der Waals surface area contributed by atoms with Gasteiger partial charge in [-0.25, -0.2) is 4.98 Å². The van der Waals surface area contributed by atoms with Crippen molar-refractivity contribution in [1.82, 2.24) is 19.3 Å². The van der Waals surface area contributed by atoms with Gasteiger partial charge in [0.25, 0.3) is 5.56 Å². The molecule has 0 amide bonds. The molecule has 0 fully saturated rings. The number of benzene rings is 2. The Morgan fingerprint density at radius 2 is 1.83 bits per heavy atom. The van der Waals surface area contributed by atoms with Crippen LogP contribution in [0.15, 0.2) is 90.0 Å². The van der Waals surface area contributed by atoms with Crippen molar-refractivity contribution in [3.8, 4) is 11.1 Å². The zero-order valence-corrected chi connectivity index (χ0v) is 19.9. The molecule has 0 bridgehead atoms. The number of nitrogens with zero attached hydrogens (tertiary/aromatic N) is 3. The molecule has 0 saturated carbocycles. The molecule has 35 heavy (non-hydrogen) atoms. The van der Waals surface area contributed by atoms with Gasteiger partial charge in [0.05, 0.1) is 0 Å². The molecule has 3 aromatic heterocycles. The summed E-state index contributed by atoms with van der Waals surface area (Å²) in [7, 11) is 0. The van der Waals surface area contributed by atoms with Gasteiger partial charge < -0.3 is 4.98 Å². The topological polar surface area (TPSA) is 53.4 Å². The van der Waals surface area contributed by atoms with E-state index >= 15 is 0 Å². The van der Waals surface area contributed by atoms with Crippen LogP contribution in [0.25, 0.3) is 33.3 Å². The molecule has 5 aromatic rings. The van der Waals surface area contributed by atoms with Crippen molar-refractivity contribution in [1.29, 1.82) is 0 Å². The molecule has 174 valence electrons. The van der Waals surface area contributed by atoms with Gasteiger partial charge in [-0.2, -0.15) is 0 Å². The van der Waals surface area contributed by atoms with Crippen LogP contribution in [0.3, 0.4) is 0 Å². The van der Waals surface area contributed by atoms with Crippen molar-refractivity contribution in [2.75, 3.05) is 19.6 Å². The van der Waals surface area contributed by atoms with Crippen LogP contribution >= 0.6 is 0 Å². The Hall–Kier alpha value is -3.96. The second kappa shape index (κ2) is 9.01. The zero-order valence-electron chi connectivity index (χ0n) is 19.9. The number of hydrogen-bond acceptors (Lipinski definition) is 3. The summed E-state index contributed by atoms with van der Waals surface area (Å²) in [4.78, 5) is 23.9. The SMILES string of the molecule is Cc1nc2cc(-c3ccccc3)ccn2c(=O)c1CCN1CC=C(c2c[nH]c3ccccc23)CC1. The Labute approximate surface area is 204 Å². The predicted molar refractivity (Wildman–Crippen MR) is 143 cm³/mol. The number of H-pyrrole nitrogens is 1. The Balaban J connectivity index is 1.19. The number of pyridine rings is 1. The molecule has 0 unspecified atom stereocenters. The van der Waals surface area contributed by atoms with Crippen molar-refractivity contribution >= 4 is 22.1 Å². The Kier molecular flexibility index (Phi) is 5.55. The van der Waals surface area contributed by atoms with E-state index in [0.717, 1.165) is 48.4 Å². The van der Waals surface area contributed by atoms with Crippen LogP contribution in [-0.4, -0.2) is 38.9 Å². The van der Waals surface area contributed by atoms with Crippen LogP contribution < -0.4 is 5.56 Å². The maximum atomic E-state index is 13.3. The van der Waals surface area contributed by atoms with E-state index in [1.807, 2.05) is 43.5 Å². The number of hydrogen-bond donors (Lipinski definition) is 1. The lowest BCUT2D eigenvalue weighted by Crippen LogP contribution is -2.32. The van der Waals surface area contributed by atoms with Gasteiger partial charge in [0, 0.05) is 59.8 Å². The van der Waals surface area contributed by atoms with E-state index < -0.39 is 0 Å². The molecule has 5 nitrogen and oxygen atoms in total. The summed E-state index contributed by atoms with van der Waals surface area (Å²) in [5, 5.41) is 1.29. The first kappa shape index (κ1) is 21.6. The summed E-state index contributed by atoms with van der Waals surface area (Å²) in [6.45, 7) is 4.70. The lowest BCUT2D eigenvalue weighted by atomic mass is 9.98.